The Bertz CT molecular complexity index is 1740. The molecule has 6 rings (SSSR count). The van der Waals surface area contributed by atoms with E-state index in [1.165, 1.54) is 4.90 Å². The number of likely N-dealkylation sites (tertiary alicyclic amines) is 1. The lowest BCUT2D eigenvalue weighted by atomic mass is 9.81. The summed E-state index contributed by atoms with van der Waals surface area (Å²) in [7, 11) is 1.67. The van der Waals surface area contributed by atoms with Crippen LogP contribution in [0.4, 0.5) is 11.4 Å². The molecular formula is C35H39N7O3. The number of nitrogens with zero attached hydrogens (tertiary/aromatic N) is 4. The summed E-state index contributed by atoms with van der Waals surface area (Å²) in [5.41, 5.74) is 1.63. The van der Waals surface area contributed by atoms with Crippen LogP contribution >= 0.6 is 0 Å². The molecule has 2 aliphatic rings. The molecule has 0 radical (unpaired) electrons. The predicted octanol–water partition coefficient (Wildman–Crippen LogP) is 5.39. The first kappa shape index (κ1) is 30.2. The number of benzene rings is 3. The van der Waals surface area contributed by atoms with Gasteiger partial charge < -0.3 is 14.5 Å². The maximum absolute atomic E-state index is 14.9. The van der Waals surface area contributed by atoms with Gasteiger partial charge in [0.2, 0.25) is 11.8 Å². The molecule has 2 atom stereocenters. The summed E-state index contributed by atoms with van der Waals surface area (Å²) >= 11 is 0. The molecule has 2 aliphatic heterocycles. The summed E-state index contributed by atoms with van der Waals surface area (Å²) in [5, 5.41) is 27.4. The number of anilines is 2. The van der Waals surface area contributed by atoms with Gasteiger partial charge in [0.05, 0.1) is 16.9 Å². The van der Waals surface area contributed by atoms with Crippen LogP contribution in [-0.2, 0) is 20.7 Å². The van der Waals surface area contributed by atoms with E-state index in [2.05, 4.69) is 10.2 Å². The van der Waals surface area contributed by atoms with Crippen LogP contribution in [0, 0.1) is 16.2 Å². The normalized spacial score (nSPS) is 20.3. The van der Waals surface area contributed by atoms with Gasteiger partial charge in [-0.2, -0.15) is 5.10 Å². The lowest BCUT2D eigenvalue weighted by molar-refractivity contribution is -0.135. The molecule has 0 bridgehead atoms. The number of ether oxygens (including phenoxy) is 1. The Morgan fingerprint density at radius 1 is 1.02 bits per heavy atom. The molecule has 45 heavy (non-hydrogen) atoms. The minimum absolute atomic E-state index is 0.0432. The molecule has 3 heterocycles. The average molecular weight is 606 g/mol. The average Bonchev–Trinajstić information content (AvgIpc) is 3.46. The van der Waals surface area contributed by atoms with Gasteiger partial charge in [-0.15, -0.1) is 0 Å². The standard InChI is InChI=1S/C35H39N7O3/c1-35(22-28-26-15-6-7-16-27(26)38-39-28)33(37)42(32(36)24-12-4-3-5-13-24)30-18-9-8-17-29(30)41(34(35)44)23-31(43)40-20-11-10-14-25(40)19-21-45-2/h3-9,12-13,15-18,25,36-37H,10-11,14,19-23H2,1-2H3,(H,38,39). The number of hydrogen-bond donors (Lipinski definition) is 3. The second-order valence-corrected chi connectivity index (χ2v) is 12.0. The third kappa shape index (κ3) is 5.62. The minimum atomic E-state index is -1.45. The summed E-state index contributed by atoms with van der Waals surface area (Å²) in [6, 6.07) is 24.2. The number of nitrogens with one attached hydrogen (secondary N) is 3. The van der Waals surface area contributed by atoms with Crippen molar-refractivity contribution in [2.45, 2.75) is 45.1 Å². The molecule has 0 aliphatic carbocycles. The van der Waals surface area contributed by atoms with Crippen molar-refractivity contribution in [1.82, 2.24) is 15.1 Å². The van der Waals surface area contributed by atoms with Gasteiger partial charge in [0, 0.05) is 49.4 Å². The Morgan fingerprint density at radius 3 is 2.51 bits per heavy atom. The van der Waals surface area contributed by atoms with Crippen LogP contribution in [-0.4, -0.2) is 71.4 Å². The van der Waals surface area contributed by atoms with Crippen molar-refractivity contribution in [1.29, 1.82) is 10.8 Å². The van der Waals surface area contributed by atoms with Gasteiger partial charge in [-0.3, -0.25) is 30.4 Å². The molecule has 2 amide bonds. The first-order valence-corrected chi connectivity index (χ1v) is 15.5. The fourth-order valence-corrected chi connectivity index (χ4v) is 6.64. The van der Waals surface area contributed by atoms with E-state index in [0.717, 1.165) is 36.6 Å². The van der Waals surface area contributed by atoms with Crippen LogP contribution in [0.15, 0.2) is 78.9 Å². The zero-order valence-electron chi connectivity index (χ0n) is 25.8. The Kier molecular flexibility index (Phi) is 8.49. The smallest absolute Gasteiger partial charge is 0.242 e. The fourth-order valence-electron chi connectivity index (χ4n) is 6.64. The number of hydrogen-bond acceptors (Lipinski definition) is 6. The maximum atomic E-state index is 14.9. The fraction of sp³-hybridized carbons (Fsp3) is 0.343. The van der Waals surface area contributed by atoms with Crippen LogP contribution in [0.1, 0.15) is 43.9 Å². The van der Waals surface area contributed by atoms with Gasteiger partial charge in [-0.1, -0.05) is 60.7 Å². The van der Waals surface area contributed by atoms with Crippen molar-refractivity contribution in [3.63, 3.8) is 0 Å². The highest BCUT2D eigenvalue weighted by molar-refractivity contribution is 6.32. The Morgan fingerprint density at radius 2 is 1.73 bits per heavy atom. The van der Waals surface area contributed by atoms with E-state index in [9.17, 15) is 20.4 Å². The summed E-state index contributed by atoms with van der Waals surface area (Å²) in [4.78, 5) is 34.0. The van der Waals surface area contributed by atoms with Gasteiger partial charge in [0.1, 0.15) is 23.6 Å². The van der Waals surface area contributed by atoms with Crippen LogP contribution < -0.4 is 9.80 Å². The second-order valence-electron chi connectivity index (χ2n) is 12.0. The molecule has 232 valence electrons. The molecule has 10 heteroatoms. The summed E-state index contributed by atoms with van der Waals surface area (Å²) < 4.78 is 5.33. The first-order valence-electron chi connectivity index (χ1n) is 15.5. The van der Waals surface area contributed by atoms with Gasteiger partial charge in [-0.05, 0) is 50.8 Å². The molecule has 4 aromatic rings. The largest absolute Gasteiger partial charge is 0.385 e. The molecule has 1 aromatic heterocycles. The molecule has 1 saturated heterocycles. The predicted molar refractivity (Wildman–Crippen MR) is 176 cm³/mol. The van der Waals surface area contributed by atoms with Gasteiger partial charge in [0.15, 0.2) is 0 Å². The molecule has 2 unspecified atom stereocenters. The third-order valence-corrected chi connectivity index (χ3v) is 9.11. The zero-order chi connectivity index (χ0) is 31.6. The number of para-hydroxylation sites is 3. The maximum Gasteiger partial charge on any atom is 0.242 e. The van der Waals surface area contributed by atoms with Crippen molar-refractivity contribution < 1.29 is 14.3 Å². The molecule has 3 aromatic carbocycles. The minimum Gasteiger partial charge on any atom is -0.385 e. The van der Waals surface area contributed by atoms with E-state index in [-0.39, 0.29) is 42.5 Å². The lowest BCUT2D eigenvalue weighted by Crippen LogP contribution is -2.55. The highest BCUT2D eigenvalue weighted by Gasteiger charge is 2.49. The van der Waals surface area contributed by atoms with Gasteiger partial charge >= 0.3 is 0 Å². The summed E-state index contributed by atoms with van der Waals surface area (Å²) in [5.74, 6) is -0.476. The van der Waals surface area contributed by atoms with Crippen LogP contribution in [0.25, 0.3) is 10.9 Å². The molecule has 1 fully saturated rings. The molecule has 0 saturated carbocycles. The highest BCUT2D eigenvalue weighted by Crippen LogP contribution is 2.42. The zero-order valence-corrected chi connectivity index (χ0v) is 25.8. The molecular weight excluding hydrogens is 566 g/mol. The third-order valence-electron chi connectivity index (χ3n) is 9.11. The van der Waals surface area contributed by atoms with Crippen molar-refractivity contribution in [3.05, 3.63) is 90.1 Å². The van der Waals surface area contributed by atoms with Crippen molar-refractivity contribution in [2.75, 3.05) is 36.6 Å². The Labute approximate surface area is 263 Å². The van der Waals surface area contributed by atoms with E-state index in [1.807, 2.05) is 77.7 Å². The Hall–Kier alpha value is -4.83. The quantitative estimate of drug-likeness (QED) is 0.183. The van der Waals surface area contributed by atoms with Gasteiger partial charge in [-0.25, -0.2) is 0 Å². The number of methoxy groups -OCH3 is 1. The monoisotopic (exact) mass is 605 g/mol. The van der Waals surface area contributed by atoms with E-state index >= 15 is 0 Å². The summed E-state index contributed by atoms with van der Waals surface area (Å²) in [6.45, 7) is 2.77. The number of amides is 2. The molecule has 10 nitrogen and oxygen atoms in total. The van der Waals surface area contributed by atoms with E-state index in [0.29, 0.717) is 35.8 Å². The highest BCUT2D eigenvalue weighted by atomic mass is 16.5. The van der Waals surface area contributed by atoms with Crippen molar-refractivity contribution in [3.8, 4) is 0 Å². The number of piperidine rings is 1. The number of amidine groups is 2. The Balaban J connectivity index is 1.45. The number of aromatic amines is 1. The van der Waals surface area contributed by atoms with Crippen LogP contribution in [0.3, 0.4) is 0 Å². The topological polar surface area (TPSA) is 129 Å². The van der Waals surface area contributed by atoms with Crippen molar-refractivity contribution in [2.24, 2.45) is 5.41 Å². The first-order chi connectivity index (χ1) is 21.8. The molecule has 3 N–H and O–H groups in total. The summed E-state index contributed by atoms with van der Waals surface area (Å²) in [6.07, 6.45) is 3.73. The number of aromatic nitrogens is 2. The number of H-pyrrole nitrogens is 1. The SMILES string of the molecule is COCCC1CCCCN1C(=O)CN1C(=O)C(C)(Cc2[nH]nc3ccccc23)C(=N)N(C(=N)c2ccccc2)c2ccccc21. The second kappa shape index (κ2) is 12.6. The van der Waals surface area contributed by atoms with E-state index in [4.69, 9.17) is 4.74 Å². The van der Waals surface area contributed by atoms with E-state index < -0.39 is 5.41 Å². The number of carbonyl (C=O) groups excluding carboxylic acids is 2. The molecule has 0 spiro atoms. The number of carbonyl (C=O) groups is 2. The number of rotatable bonds is 8. The number of fused-ring (bicyclic) bond motifs is 2. The lowest BCUT2D eigenvalue weighted by Gasteiger charge is -2.38. The van der Waals surface area contributed by atoms with Crippen molar-refractivity contribution >= 4 is 45.8 Å². The van der Waals surface area contributed by atoms with Crippen LogP contribution in [0.2, 0.25) is 0 Å². The van der Waals surface area contributed by atoms with E-state index in [1.54, 1.807) is 25.0 Å². The van der Waals surface area contributed by atoms with Crippen LogP contribution in [0.5, 0.6) is 0 Å². The van der Waals surface area contributed by atoms with Gasteiger partial charge in [0.25, 0.3) is 0 Å².